The maximum Gasteiger partial charge on any atom is 0.0573 e. The molecule has 0 N–H and O–H groups in total. The summed E-state index contributed by atoms with van der Waals surface area (Å²) < 4.78 is 2.18. The Morgan fingerprint density at radius 3 is 1.91 bits per heavy atom. The van der Waals surface area contributed by atoms with Crippen LogP contribution in [0.1, 0.15) is 25.3 Å². The van der Waals surface area contributed by atoms with Gasteiger partial charge >= 0.3 is 0 Å². The molecule has 2 aromatic carbocycles. The predicted molar refractivity (Wildman–Crippen MR) is 93.8 cm³/mol. The Hall–Kier alpha value is -1.92. The van der Waals surface area contributed by atoms with Crippen molar-refractivity contribution >= 4 is 23.8 Å². The van der Waals surface area contributed by atoms with Crippen molar-refractivity contribution in [2.45, 2.75) is 25.3 Å². The lowest BCUT2D eigenvalue weighted by Gasteiger charge is -2.25. The Labute approximate surface area is 132 Å². The summed E-state index contributed by atoms with van der Waals surface area (Å²) in [4.78, 5) is 0. The van der Waals surface area contributed by atoms with Crippen molar-refractivity contribution in [2.24, 2.45) is 0 Å². The standard InChI is InChI=1S/C19H19N2P/c1-3-10-17(11-4-1)22(18-12-5-2-6-13-18)19-14-20-21(15-19)16-8-7-9-16/h1-6,10-16H,7-9H2. The summed E-state index contributed by atoms with van der Waals surface area (Å²) in [5.41, 5.74) is 0. The van der Waals surface area contributed by atoms with Gasteiger partial charge in [0.15, 0.2) is 0 Å². The van der Waals surface area contributed by atoms with E-state index in [0.29, 0.717) is 6.04 Å². The zero-order chi connectivity index (χ0) is 14.8. The molecule has 0 radical (unpaired) electrons. The highest BCUT2D eigenvalue weighted by atomic mass is 31.1. The summed E-state index contributed by atoms with van der Waals surface area (Å²) in [5, 5.41) is 8.76. The molecular weight excluding hydrogens is 287 g/mol. The molecule has 0 amide bonds. The SMILES string of the molecule is c1ccc(P(c2ccccc2)c2cnn(C3CCC3)c2)cc1. The molecule has 0 unspecified atom stereocenters. The molecule has 22 heavy (non-hydrogen) atoms. The van der Waals surface area contributed by atoms with Crippen LogP contribution in [0.2, 0.25) is 0 Å². The van der Waals surface area contributed by atoms with Crippen molar-refractivity contribution in [1.29, 1.82) is 0 Å². The zero-order valence-corrected chi connectivity index (χ0v) is 13.4. The lowest BCUT2D eigenvalue weighted by Crippen LogP contribution is -2.21. The number of hydrogen-bond acceptors (Lipinski definition) is 1. The van der Waals surface area contributed by atoms with Crippen molar-refractivity contribution in [3.05, 3.63) is 73.1 Å². The first kappa shape index (κ1) is 13.7. The van der Waals surface area contributed by atoms with Crippen LogP contribution in [0.4, 0.5) is 0 Å². The highest BCUT2D eigenvalue weighted by molar-refractivity contribution is 7.79. The quantitative estimate of drug-likeness (QED) is 0.676. The number of benzene rings is 2. The first-order chi connectivity index (χ1) is 10.9. The fourth-order valence-corrected chi connectivity index (χ4v) is 5.13. The molecule has 0 spiro atoms. The van der Waals surface area contributed by atoms with E-state index in [9.17, 15) is 0 Å². The molecule has 0 aliphatic heterocycles. The van der Waals surface area contributed by atoms with Crippen LogP contribution in [0.15, 0.2) is 73.1 Å². The second kappa shape index (κ2) is 6.06. The molecule has 3 heteroatoms. The molecule has 0 saturated heterocycles. The third-order valence-corrected chi connectivity index (χ3v) is 6.70. The Morgan fingerprint density at radius 2 is 1.41 bits per heavy atom. The van der Waals surface area contributed by atoms with Gasteiger partial charge in [0.05, 0.1) is 12.2 Å². The molecule has 2 nitrogen and oxygen atoms in total. The van der Waals surface area contributed by atoms with E-state index in [-0.39, 0.29) is 0 Å². The number of rotatable bonds is 4. The maximum absolute atomic E-state index is 4.64. The third-order valence-electron chi connectivity index (χ3n) is 4.32. The van der Waals surface area contributed by atoms with Crippen molar-refractivity contribution in [3.8, 4) is 0 Å². The third kappa shape index (κ3) is 2.60. The van der Waals surface area contributed by atoms with Gasteiger partial charge in [-0.05, 0) is 37.8 Å². The molecular formula is C19H19N2P. The second-order valence-corrected chi connectivity index (χ2v) is 7.99. The van der Waals surface area contributed by atoms with E-state index in [1.54, 1.807) is 0 Å². The van der Waals surface area contributed by atoms with Crippen molar-refractivity contribution in [3.63, 3.8) is 0 Å². The van der Waals surface area contributed by atoms with E-state index < -0.39 is 7.92 Å². The van der Waals surface area contributed by atoms with Crippen molar-refractivity contribution in [1.82, 2.24) is 9.78 Å². The predicted octanol–water partition coefficient (Wildman–Crippen LogP) is 3.37. The number of nitrogens with zero attached hydrogens (tertiary/aromatic N) is 2. The molecule has 0 bridgehead atoms. The van der Waals surface area contributed by atoms with Gasteiger partial charge < -0.3 is 0 Å². The lowest BCUT2D eigenvalue weighted by atomic mass is 9.93. The topological polar surface area (TPSA) is 17.8 Å². The minimum Gasteiger partial charge on any atom is -0.269 e. The average Bonchev–Trinajstić information content (AvgIpc) is 2.97. The largest absolute Gasteiger partial charge is 0.269 e. The van der Waals surface area contributed by atoms with E-state index >= 15 is 0 Å². The summed E-state index contributed by atoms with van der Waals surface area (Å²) >= 11 is 0. The summed E-state index contributed by atoms with van der Waals surface area (Å²) in [6.45, 7) is 0. The van der Waals surface area contributed by atoms with E-state index in [1.165, 1.54) is 35.2 Å². The van der Waals surface area contributed by atoms with Crippen LogP contribution in [0.3, 0.4) is 0 Å². The van der Waals surface area contributed by atoms with Gasteiger partial charge in [-0.25, -0.2) is 0 Å². The average molecular weight is 306 g/mol. The molecule has 1 heterocycles. The van der Waals surface area contributed by atoms with Gasteiger partial charge in [-0.3, -0.25) is 4.68 Å². The molecule has 1 fully saturated rings. The Kier molecular flexibility index (Phi) is 3.78. The lowest BCUT2D eigenvalue weighted by molar-refractivity contribution is 0.289. The van der Waals surface area contributed by atoms with Gasteiger partial charge in [0.2, 0.25) is 0 Å². The molecule has 4 rings (SSSR count). The molecule has 1 aliphatic carbocycles. The minimum atomic E-state index is -0.514. The molecule has 110 valence electrons. The van der Waals surface area contributed by atoms with Crippen molar-refractivity contribution < 1.29 is 0 Å². The minimum absolute atomic E-state index is 0.514. The first-order valence-corrected chi connectivity index (χ1v) is 9.20. The van der Waals surface area contributed by atoms with Crippen LogP contribution in [-0.4, -0.2) is 9.78 Å². The van der Waals surface area contributed by atoms with Gasteiger partial charge in [0.25, 0.3) is 0 Å². The van der Waals surface area contributed by atoms with Crippen LogP contribution < -0.4 is 15.9 Å². The number of aromatic nitrogens is 2. The molecule has 1 aliphatic rings. The van der Waals surface area contributed by atoms with Gasteiger partial charge in [0, 0.05) is 11.5 Å². The van der Waals surface area contributed by atoms with Gasteiger partial charge in [-0.2, -0.15) is 5.10 Å². The first-order valence-electron chi connectivity index (χ1n) is 7.86. The normalized spacial score (nSPS) is 15.0. The van der Waals surface area contributed by atoms with Gasteiger partial charge in [-0.15, -0.1) is 0 Å². The van der Waals surface area contributed by atoms with E-state index in [0.717, 1.165) is 0 Å². The monoisotopic (exact) mass is 306 g/mol. The van der Waals surface area contributed by atoms with Crippen molar-refractivity contribution in [2.75, 3.05) is 0 Å². The van der Waals surface area contributed by atoms with Gasteiger partial charge in [-0.1, -0.05) is 60.7 Å². The number of hydrogen-bond donors (Lipinski definition) is 0. The van der Waals surface area contributed by atoms with Crippen LogP contribution in [0, 0.1) is 0 Å². The smallest absolute Gasteiger partial charge is 0.0573 e. The Bertz CT molecular complexity index is 693. The van der Waals surface area contributed by atoms with E-state index in [1.807, 2.05) is 0 Å². The van der Waals surface area contributed by atoms with E-state index in [2.05, 4.69) is 82.8 Å². The second-order valence-electron chi connectivity index (χ2n) is 5.77. The summed E-state index contributed by atoms with van der Waals surface area (Å²) in [5.74, 6) is 0. The van der Waals surface area contributed by atoms with Crippen LogP contribution in [-0.2, 0) is 0 Å². The molecule has 0 atom stereocenters. The van der Waals surface area contributed by atoms with Crippen LogP contribution in [0.5, 0.6) is 0 Å². The Morgan fingerprint density at radius 1 is 0.818 bits per heavy atom. The summed E-state index contributed by atoms with van der Waals surface area (Å²) in [7, 11) is -0.514. The molecule has 1 aromatic heterocycles. The maximum atomic E-state index is 4.64. The summed E-state index contributed by atoms with van der Waals surface area (Å²) in [6, 6.07) is 22.2. The highest BCUT2D eigenvalue weighted by Crippen LogP contribution is 2.35. The fourth-order valence-electron chi connectivity index (χ4n) is 2.90. The van der Waals surface area contributed by atoms with Crippen LogP contribution in [0.25, 0.3) is 0 Å². The zero-order valence-electron chi connectivity index (χ0n) is 12.5. The van der Waals surface area contributed by atoms with Crippen LogP contribution >= 0.6 is 7.92 Å². The Balaban J connectivity index is 1.75. The fraction of sp³-hybridized carbons (Fsp3) is 0.211. The van der Waals surface area contributed by atoms with E-state index in [4.69, 9.17) is 0 Å². The summed E-state index contributed by atoms with van der Waals surface area (Å²) in [6.07, 6.45) is 8.23. The molecule has 3 aromatic rings. The molecule has 1 saturated carbocycles. The van der Waals surface area contributed by atoms with Gasteiger partial charge in [0.1, 0.15) is 0 Å². The highest BCUT2D eigenvalue weighted by Gasteiger charge is 2.23.